The number of fused-ring (bicyclic) bond motifs is 1. The number of nitrogens with two attached hydrogens (primary N) is 1. The number of hydrogen-bond acceptors (Lipinski definition) is 4. The van der Waals surface area contributed by atoms with Crippen molar-refractivity contribution < 1.29 is 0 Å². The summed E-state index contributed by atoms with van der Waals surface area (Å²) in [6.07, 6.45) is 1.76. The molecule has 0 bridgehead atoms. The lowest BCUT2D eigenvalue weighted by Gasteiger charge is -2.11. The van der Waals surface area contributed by atoms with Crippen LogP contribution in [0.3, 0.4) is 0 Å². The summed E-state index contributed by atoms with van der Waals surface area (Å²) in [6, 6.07) is 18.1. The van der Waals surface area contributed by atoms with Crippen LogP contribution < -0.4 is 5.73 Å². The molecule has 0 amide bonds. The molecule has 0 aromatic carbocycles. The molecule has 0 saturated carbocycles. The van der Waals surface area contributed by atoms with E-state index < -0.39 is 0 Å². The summed E-state index contributed by atoms with van der Waals surface area (Å²) >= 11 is 0. The Labute approximate surface area is 128 Å². The third kappa shape index (κ3) is 2.13. The van der Waals surface area contributed by atoms with E-state index in [-0.39, 0.29) is 12.2 Å². The Balaban J connectivity index is 2.35. The van der Waals surface area contributed by atoms with E-state index in [1.807, 2.05) is 42.5 Å². The molecule has 0 radical (unpaired) electrons. The van der Waals surface area contributed by atoms with Crippen LogP contribution in [0.5, 0.6) is 0 Å². The average Bonchev–Trinajstić information content (AvgIpc) is 2.77. The van der Waals surface area contributed by atoms with Gasteiger partial charge in [-0.3, -0.25) is 0 Å². The van der Waals surface area contributed by atoms with Crippen molar-refractivity contribution in [1.82, 2.24) is 4.98 Å². The zero-order valence-electron chi connectivity index (χ0n) is 11.7. The molecule has 1 aromatic heterocycles. The third-order valence-corrected chi connectivity index (χ3v) is 3.63. The van der Waals surface area contributed by atoms with Gasteiger partial charge >= 0.3 is 0 Å². The van der Waals surface area contributed by atoms with Crippen LogP contribution in [-0.4, -0.2) is 4.98 Å². The molecule has 0 saturated heterocycles. The Hall–Kier alpha value is -3.37. The molecule has 4 heteroatoms. The summed E-state index contributed by atoms with van der Waals surface area (Å²) in [6.45, 7) is 0. The molecule has 104 valence electrons. The van der Waals surface area contributed by atoms with E-state index in [4.69, 9.17) is 11.0 Å². The number of rotatable bonds is 2. The van der Waals surface area contributed by atoms with E-state index in [1.54, 1.807) is 6.20 Å². The monoisotopic (exact) mass is 284 g/mol. The SMILES string of the molecule is N#CCc1cnc(N)c(C#N)c1-c1ccc2cccccc1-2. The third-order valence-electron chi connectivity index (χ3n) is 3.63. The number of nitrogens with zero attached hydrogens (tertiary/aromatic N) is 3. The van der Waals surface area contributed by atoms with Crippen molar-refractivity contribution in [1.29, 1.82) is 10.5 Å². The molecular formula is C18H12N4. The van der Waals surface area contributed by atoms with Crippen LogP contribution in [-0.2, 0) is 6.42 Å². The minimum atomic E-state index is 0.183. The Bertz CT molecular complexity index is 900. The molecule has 1 aromatic rings. The molecule has 0 fully saturated rings. The molecule has 0 aliphatic heterocycles. The lowest BCUT2D eigenvalue weighted by molar-refractivity contribution is 1.19. The van der Waals surface area contributed by atoms with E-state index in [0.29, 0.717) is 16.7 Å². The Morgan fingerprint density at radius 2 is 1.82 bits per heavy atom. The highest BCUT2D eigenvalue weighted by Gasteiger charge is 2.19. The van der Waals surface area contributed by atoms with E-state index in [1.165, 1.54) is 0 Å². The van der Waals surface area contributed by atoms with Crippen molar-refractivity contribution in [2.45, 2.75) is 6.42 Å². The number of hydrogen-bond donors (Lipinski definition) is 1. The van der Waals surface area contributed by atoms with Gasteiger partial charge in [0.1, 0.15) is 17.5 Å². The van der Waals surface area contributed by atoms with Crippen molar-refractivity contribution in [2.75, 3.05) is 5.73 Å². The lowest BCUT2D eigenvalue weighted by atomic mass is 9.93. The quantitative estimate of drug-likeness (QED) is 0.781. The van der Waals surface area contributed by atoms with Gasteiger partial charge in [0.05, 0.1) is 12.5 Å². The summed E-state index contributed by atoms with van der Waals surface area (Å²) in [5.41, 5.74) is 10.6. The molecular weight excluding hydrogens is 272 g/mol. The number of nitriles is 2. The summed E-state index contributed by atoms with van der Waals surface area (Å²) in [5.74, 6) is 0.189. The summed E-state index contributed by atoms with van der Waals surface area (Å²) in [7, 11) is 0. The fourth-order valence-corrected chi connectivity index (χ4v) is 2.64. The van der Waals surface area contributed by atoms with E-state index >= 15 is 0 Å². The van der Waals surface area contributed by atoms with Crippen molar-refractivity contribution in [3.8, 4) is 34.4 Å². The van der Waals surface area contributed by atoms with Gasteiger partial charge in [0.2, 0.25) is 0 Å². The second-order valence-electron chi connectivity index (χ2n) is 4.89. The first-order valence-corrected chi connectivity index (χ1v) is 6.78. The molecule has 4 nitrogen and oxygen atoms in total. The first kappa shape index (κ1) is 13.6. The predicted octanol–water partition coefficient (Wildman–Crippen LogP) is 3.37. The van der Waals surface area contributed by atoms with Gasteiger partial charge in [0.25, 0.3) is 0 Å². The normalized spacial score (nSPS) is 10.1. The average molecular weight is 284 g/mol. The van der Waals surface area contributed by atoms with Crippen molar-refractivity contribution in [2.24, 2.45) is 0 Å². The van der Waals surface area contributed by atoms with E-state index in [0.717, 1.165) is 16.7 Å². The van der Waals surface area contributed by atoms with Crippen LogP contribution in [0, 0.1) is 22.7 Å². The molecule has 0 spiro atoms. The molecule has 0 atom stereocenters. The standard InChI is InChI=1S/C18H12N4/c19-9-8-13-11-22-18(21)16(10-20)17(13)15-7-6-12-4-2-1-3-5-14(12)15/h1-7,11H,8H2,(H2,21,22). The second kappa shape index (κ2) is 5.55. The minimum absolute atomic E-state index is 0.183. The smallest absolute Gasteiger partial charge is 0.141 e. The van der Waals surface area contributed by atoms with E-state index in [9.17, 15) is 5.26 Å². The molecule has 2 aliphatic rings. The highest BCUT2D eigenvalue weighted by Crippen LogP contribution is 2.39. The van der Waals surface area contributed by atoms with Gasteiger partial charge in [-0.1, -0.05) is 42.5 Å². The Kier molecular flexibility index (Phi) is 3.43. The van der Waals surface area contributed by atoms with Gasteiger partial charge in [0.15, 0.2) is 0 Å². The summed E-state index contributed by atoms with van der Waals surface area (Å²) < 4.78 is 0. The number of anilines is 1. The van der Waals surface area contributed by atoms with Gasteiger partial charge < -0.3 is 5.73 Å². The molecule has 0 unspecified atom stereocenters. The number of nitrogen functional groups attached to an aromatic ring is 1. The topological polar surface area (TPSA) is 86.5 Å². The first-order valence-electron chi connectivity index (χ1n) is 6.78. The molecule has 3 rings (SSSR count). The largest absolute Gasteiger partial charge is 0.383 e. The minimum Gasteiger partial charge on any atom is -0.383 e. The Morgan fingerprint density at radius 3 is 2.59 bits per heavy atom. The zero-order valence-corrected chi connectivity index (χ0v) is 11.7. The van der Waals surface area contributed by atoms with Crippen LogP contribution in [0.2, 0.25) is 0 Å². The lowest BCUT2D eigenvalue weighted by Crippen LogP contribution is -2.01. The maximum atomic E-state index is 9.46. The number of aromatic nitrogens is 1. The molecule has 2 aliphatic carbocycles. The van der Waals surface area contributed by atoms with Crippen LogP contribution in [0.1, 0.15) is 11.1 Å². The highest BCUT2D eigenvalue weighted by molar-refractivity contribution is 5.91. The molecule has 2 N–H and O–H groups in total. The van der Waals surface area contributed by atoms with Crippen LogP contribution in [0.25, 0.3) is 22.3 Å². The zero-order chi connectivity index (χ0) is 15.5. The Morgan fingerprint density at radius 1 is 1.00 bits per heavy atom. The van der Waals surface area contributed by atoms with E-state index in [2.05, 4.69) is 17.1 Å². The van der Waals surface area contributed by atoms with Crippen LogP contribution >= 0.6 is 0 Å². The highest BCUT2D eigenvalue weighted by atomic mass is 14.8. The summed E-state index contributed by atoms with van der Waals surface area (Å²) in [5, 5.41) is 18.5. The van der Waals surface area contributed by atoms with Crippen molar-refractivity contribution in [3.05, 3.63) is 59.8 Å². The maximum Gasteiger partial charge on any atom is 0.141 e. The molecule has 1 heterocycles. The number of pyridine rings is 1. The van der Waals surface area contributed by atoms with Gasteiger partial charge in [-0.25, -0.2) is 4.98 Å². The second-order valence-corrected chi connectivity index (χ2v) is 4.89. The first-order chi connectivity index (χ1) is 10.8. The fraction of sp³-hybridized carbons (Fsp3) is 0.0556. The van der Waals surface area contributed by atoms with Gasteiger partial charge in [-0.15, -0.1) is 0 Å². The van der Waals surface area contributed by atoms with Gasteiger partial charge in [0, 0.05) is 11.8 Å². The predicted molar refractivity (Wildman–Crippen MR) is 84.7 cm³/mol. The van der Waals surface area contributed by atoms with Crippen molar-refractivity contribution in [3.63, 3.8) is 0 Å². The van der Waals surface area contributed by atoms with Crippen LogP contribution in [0.15, 0.2) is 48.7 Å². The molecule has 22 heavy (non-hydrogen) atoms. The van der Waals surface area contributed by atoms with Gasteiger partial charge in [-0.2, -0.15) is 10.5 Å². The fourth-order valence-electron chi connectivity index (χ4n) is 2.64. The van der Waals surface area contributed by atoms with Crippen LogP contribution in [0.4, 0.5) is 5.82 Å². The summed E-state index contributed by atoms with van der Waals surface area (Å²) in [4.78, 5) is 4.04. The van der Waals surface area contributed by atoms with Crippen molar-refractivity contribution >= 4 is 5.82 Å². The maximum absolute atomic E-state index is 9.46. The van der Waals surface area contributed by atoms with Gasteiger partial charge in [-0.05, 0) is 22.3 Å².